The van der Waals surface area contributed by atoms with Crippen molar-refractivity contribution in [3.63, 3.8) is 0 Å². The Kier molecular flexibility index (Phi) is 4.17. The lowest BCUT2D eigenvalue weighted by molar-refractivity contribution is 0.537. The zero-order valence-corrected chi connectivity index (χ0v) is 9.30. The van der Waals surface area contributed by atoms with Gasteiger partial charge >= 0.3 is 0 Å². The van der Waals surface area contributed by atoms with Gasteiger partial charge in [0, 0.05) is 17.8 Å². The fourth-order valence-corrected chi connectivity index (χ4v) is 1.63. The second-order valence-corrected chi connectivity index (χ2v) is 3.58. The van der Waals surface area contributed by atoms with Gasteiger partial charge in [-0.1, -0.05) is 25.4 Å². The molecule has 1 rings (SSSR count). The van der Waals surface area contributed by atoms with Crippen molar-refractivity contribution in [3.05, 3.63) is 22.8 Å². The SMILES string of the molecule is CCNC(CC)c1cc(Cl)cnc1N. The number of hydrogen-bond donors (Lipinski definition) is 2. The summed E-state index contributed by atoms with van der Waals surface area (Å²) < 4.78 is 0. The monoisotopic (exact) mass is 213 g/mol. The topological polar surface area (TPSA) is 50.9 Å². The number of pyridine rings is 1. The van der Waals surface area contributed by atoms with Crippen molar-refractivity contribution >= 4 is 17.4 Å². The van der Waals surface area contributed by atoms with E-state index in [1.165, 1.54) is 0 Å². The van der Waals surface area contributed by atoms with E-state index in [1.54, 1.807) is 6.20 Å². The number of nitrogens with zero attached hydrogens (tertiary/aromatic N) is 1. The molecular formula is C10H16ClN3. The number of rotatable bonds is 4. The van der Waals surface area contributed by atoms with E-state index in [4.69, 9.17) is 17.3 Å². The minimum Gasteiger partial charge on any atom is -0.383 e. The molecule has 3 nitrogen and oxygen atoms in total. The molecule has 1 unspecified atom stereocenters. The summed E-state index contributed by atoms with van der Waals surface area (Å²) in [5.41, 5.74) is 6.77. The zero-order valence-electron chi connectivity index (χ0n) is 8.55. The maximum absolute atomic E-state index is 5.87. The first-order valence-electron chi connectivity index (χ1n) is 4.83. The molecule has 3 N–H and O–H groups in total. The van der Waals surface area contributed by atoms with Crippen molar-refractivity contribution in [2.45, 2.75) is 26.3 Å². The number of nitrogens with two attached hydrogens (primary N) is 1. The lowest BCUT2D eigenvalue weighted by Crippen LogP contribution is -2.21. The minimum absolute atomic E-state index is 0.242. The third kappa shape index (κ3) is 2.59. The standard InChI is InChI=1S/C10H16ClN3/c1-3-9(13-4-2)8-5-7(11)6-14-10(8)12/h5-6,9,13H,3-4H2,1-2H3,(H2,12,14). The molecule has 0 aromatic carbocycles. The van der Waals surface area contributed by atoms with Crippen LogP contribution in [0.15, 0.2) is 12.3 Å². The number of nitrogen functional groups attached to an aromatic ring is 1. The lowest BCUT2D eigenvalue weighted by atomic mass is 10.1. The summed E-state index contributed by atoms with van der Waals surface area (Å²) in [6.45, 7) is 5.08. The highest BCUT2D eigenvalue weighted by Crippen LogP contribution is 2.24. The molecule has 1 atom stereocenters. The van der Waals surface area contributed by atoms with Crippen LogP contribution in [0.25, 0.3) is 0 Å². The first-order valence-corrected chi connectivity index (χ1v) is 5.21. The largest absolute Gasteiger partial charge is 0.383 e. The van der Waals surface area contributed by atoms with Crippen molar-refractivity contribution in [2.75, 3.05) is 12.3 Å². The van der Waals surface area contributed by atoms with Gasteiger partial charge in [0.1, 0.15) is 5.82 Å². The normalized spacial score (nSPS) is 12.8. The Morgan fingerprint density at radius 2 is 2.29 bits per heavy atom. The van der Waals surface area contributed by atoms with Crippen LogP contribution < -0.4 is 11.1 Å². The summed E-state index contributed by atoms with van der Waals surface area (Å²) in [6.07, 6.45) is 2.54. The van der Waals surface area contributed by atoms with Crippen molar-refractivity contribution in [2.24, 2.45) is 0 Å². The van der Waals surface area contributed by atoms with Crippen LogP contribution in [-0.2, 0) is 0 Å². The number of hydrogen-bond acceptors (Lipinski definition) is 3. The molecule has 1 aromatic rings. The maximum Gasteiger partial charge on any atom is 0.128 e. The van der Waals surface area contributed by atoms with Gasteiger partial charge in [-0.2, -0.15) is 0 Å². The number of anilines is 1. The maximum atomic E-state index is 5.87. The van der Waals surface area contributed by atoms with Crippen molar-refractivity contribution in [1.82, 2.24) is 10.3 Å². The number of nitrogens with one attached hydrogen (secondary N) is 1. The molecule has 0 aliphatic heterocycles. The quantitative estimate of drug-likeness (QED) is 0.808. The van der Waals surface area contributed by atoms with E-state index in [1.807, 2.05) is 6.07 Å². The van der Waals surface area contributed by atoms with Crippen LogP contribution in [0.5, 0.6) is 0 Å². The molecule has 0 amide bonds. The Balaban J connectivity index is 2.96. The summed E-state index contributed by atoms with van der Waals surface area (Å²) in [4.78, 5) is 4.04. The minimum atomic E-state index is 0.242. The fraction of sp³-hybridized carbons (Fsp3) is 0.500. The Morgan fingerprint density at radius 1 is 1.57 bits per heavy atom. The van der Waals surface area contributed by atoms with Gasteiger partial charge < -0.3 is 11.1 Å². The van der Waals surface area contributed by atoms with Gasteiger partial charge in [0.25, 0.3) is 0 Å². The van der Waals surface area contributed by atoms with E-state index in [-0.39, 0.29) is 6.04 Å². The first kappa shape index (κ1) is 11.3. The summed E-state index contributed by atoms with van der Waals surface area (Å²) >= 11 is 5.87. The summed E-state index contributed by atoms with van der Waals surface area (Å²) in [6, 6.07) is 2.12. The van der Waals surface area contributed by atoms with Crippen molar-refractivity contribution < 1.29 is 0 Å². The first-order chi connectivity index (χ1) is 6.69. The van der Waals surface area contributed by atoms with Gasteiger partial charge in [-0.3, -0.25) is 0 Å². The summed E-state index contributed by atoms with van der Waals surface area (Å²) in [5, 5.41) is 3.97. The predicted octanol–water partition coefficient (Wildman–Crippen LogP) is 2.38. The molecule has 0 aliphatic rings. The molecular weight excluding hydrogens is 198 g/mol. The van der Waals surface area contributed by atoms with Gasteiger partial charge in [-0.15, -0.1) is 0 Å². The molecule has 0 spiro atoms. The van der Waals surface area contributed by atoms with Crippen LogP contribution in [0.4, 0.5) is 5.82 Å². The molecule has 4 heteroatoms. The van der Waals surface area contributed by atoms with Crippen molar-refractivity contribution in [3.8, 4) is 0 Å². The van der Waals surface area contributed by atoms with Crippen LogP contribution in [0.2, 0.25) is 5.02 Å². The summed E-state index contributed by atoms with van der Waals surface area (Å²) in [5.74, 6) is 0.558. The van der Waals surface area contributed by atoms with Crippen LogP contribution in [-0.4, -0.2) is 11.5 Å². The highest BCUT2D eigenvalue weighted by molar-refractivity contribution is 6.30. The van der Waals surface area contributed by atoms with E-state index in [2.05, 4.69) is 24.1 Å². The molecule has 78 valence electrons. The van der Waals surface area contributed by atoms with Crippen LogP contribution in [0.1, 0.15) is 31.9 Å². The van der Waals surface area contributed by atoms with Gasteiger partial charge in [0.15, 0.2) is 0 Å². The highest BCUT2D eigenvalue weighted by atomic mass is 35.5. The molecule has 0 saturated heterocycles. The molecule has 0 radical (unpaired) electrons. The third-order valence-corrected chi connectivity index (χ3v) is 2.36. The molecule has 1 aromatic heterocycles. The van der Waals surface area contributed by atoms with Crippen LogP contribution in [0, 0.1) is 0 Å². The third-order valence-electron chi connectivity index (χ3n) is 2.15. The number of halogens is 1. The second-order valence-electron chi connectivity index (χ2n) is 3.15. The molecule has 14 heavy (non-hydrogen) atoms. The van der Waals surface area contributed by atoms with E-state index < -0.39 is 0 Å². The molecule has 1 heterocycles. The Hall–Kier alpha value is -0.800. The van der Waals surface area contributed by atoms with E-state index in [0.29, 0.717) is 10.8 Å². The zero-order chi connectivity index (χ0) is 10.6. The van der Waals surface area contributed by atoms with Gasteiger partial charge in [0.05, 0.1) is 5.02 Å². The van der Waals surface area contributed by atoms with E-state index >= 15 is 0 Å². The highest BCUT2D eigenvalue weighted by Gasteiger charge is 2.12. The Bertz CT molecular complexity index is 301. The van der Waals surface area contributed by atoms with E-state index in [9.17, 15) is 0 Å². The van der Waals surface area contributed by atoms with Gasteiger partial charge in [0.2, 0.25) is 0 Å². The number of aromatic nitrogens is 1. The smallest absolute Gasteiger partial charge is 0.128 e. The second kappa shape index (κ2) is 5.17. The van der Waals surface area contributed by atoms with Crippen LogP contribution in [0.3, 0.4) is 0 Å². The van der Waals surface area contributed by atoms with E-state index in [0.717, 1.165) is 18.5 Å². The fourth-order valence-electron chi connectivity index (χ4n) is 1.47. The Labute approximate surface area is 89.7 Å². The van der Waals surface area contributed by atoms with Gasteiger partial charge in [-0.05, 0) is 19.0 Å². The summed E-state index contributed by atoms with van der Waals surface area (Å²) in [7, 11) is 0. The molecule has 0 aliphatic carbocycles. The van der Waals surface area contributed by atoms with Gasteiger partial charge in [-0.25, -0.2) is 4.98 Å². The predicted molar refractivity (Wildman–Crippen MR) is 60.4 cm³/mol. The molecule has 0 bridgehead atoms. The lowest BCUT2D eigenvalue weighted by Gasteiger charge is -2.17. The average Bonchev–Trinajstić information content (AvgIpc) is 2.18. The molecule has 0 fully saturated rings. The average molecular weight is 214 g/mol. The van der Waals surface area contributed by atoms with Crippen molar-refractivity contribution in [1.29, 1.82) is 0 Å². The Morgan fingerprint density at radius 3 is 2.86 bits per heavy atom. The van der Waals surface area contributed by atoms with Crippen LogP contribution >= 0.6 is 11.6 Å². The molecule has 0 saturated carbocycles.